The van der Waals surface area contributed by atoms with E-state index in [1.165, 1.54) is 24.3 Å². The van der Waals surface area contributed by atoms with Gasteiger partial charge in [-0.1, -0.05) is 12.6 Å². The number of amides is 1. The molecular formula is C26H19F9N2O2S. The Morgan fingerprint density at radius 1 is 0.950 bits per heavy atom. The number of halogens is 9. The maximum absolute atomic E-state index is 13.5. The third kappa shape index (κ3) is 5.96. The summed E-state index contributed by atoms with van der Waals surface area (Å²) in [5.74, 6) is 0. The van der Waals surface area contributed by atoms with E-state index in [9.17, 15) is 44.3 Å². The van der Waals surface area contributed by atoms with E-state index >= 15 is 0 Å². The van der Waals surface area contributed by atoms with Crippen molar-refractivity contribution in [2.75, 3.05) is 0 Å². The van der Waals surface area contributed by atoms with Gasteiger partial charge in [0.05, 0.1) is 35.0 Å². The Bertz CT molecular complexity index is 1430. The zero-order valence-electron chi connectivity index (χ0n) is 20.6. The molecule has 0 aliphatic carbocycles. The van der Waals surface area contributed by atoms with Gasteiger partial charge in [-0.2, -0.15) is 39.5 Å². The lowest BCUT2D eigenvalue weighted by atomic mass is 9.96. The first-order valence-electron chi connectivity index (χ1n) is 11.4. The number of benzene rings is 2. The lowest BCUT2D eigenvalue weighted by molar-refractivity contribution is -0.143. The van der Waals surface area contributed by atoms with Gasteiger partial charge in [-0.3, -0.25) is 4.90 Å². The molecule has 3 aromatic rings. The summed E-state index contributed by atoms with van der Waals surface area (Å²) in [4.78, 5) is 18.1. The van der Waals surface area contributed by atoms with E-state index < -0.39 is 65.6 Å². The maximum atomic E-state index is 13.5. The minimum absolute atomic E-state index is 0.00198. The van der Waals surface area contributed by atoms with E-state index in [0.717, 1.165) is 17.0 Å². The van der Waals surface area contributed by atoms with Gasteiger partial charge in [-0.25, -0.2) is 9.78 Å². The molecule has 0 unspecified atom stereocenters. The zero-order chi connectivity index (χ0) is 29.8. The second-order valence-electron chi connectivity index (χ2n) is 9.20. The second kappa shape index (κ2) is 10.1. The minimum Gasteiger partial charge on any atom is -0.439 e. The van der Waals surface area contributed by atoms with Crippen molar-refractivity contribution in [2.45, 2.75) is 51.1 Å². The van der Waals surface area contributed by atoms with Crippen LogP contribution in [0.25, 0.3) is 16.8 Å². The number of carbonyl (C=O) groups is 1. The van der Waals surface area contributed by atoms with Gasteiger partial charge < -0.3 is 4.74 Å². The smallest absolute Gasteiger partial charge is 0.416 e. The summed E-state index contributed by atoms with van der Waals surface area (Å²) in [5, 5.41) is 2.12. The average molecular weight is 594 g/mol. The Hall–Kier alpha value is -3.55. The standard InChI is InChI=1S/C26H19F9N2O2S/c1-12(2)22-36-20(11-40-22)19-5-4-16(24(27,28)29)8-15(19)10-37-13(3)21(39-23(37)38)14-6-17(25(30,31)32)9-18(7-14)26(33,34)35/h4-9,11,13,21H,1,10H2,2-3H3/t13-,21-/m0/s1. The Morgan fingerprint density at radius 3 is 2.02 bits per heavy atom. The molecule has 4 rings (SSSR count). The van der Waals surface area contributed by atoms with Gasteiger partial charge in [0.15, 0.2) is 0 Å². The fourth-order valence-corrected chi connectivity index (χ4v) is 4.99. The van der Waals surface area contributed by atoms with Crippen LogP contribution in [0.5, 0.6) is 0 Å². The third-order valence-electron chi connectivity index (χ3n) is 6.25. The van der Waals surface area contributed by atoms with Gasteiger partial charge in [-0.05, 0) is 60.9 Å². The molecule has 1 aliphatic rings. The van der Waals surface area contributed by atoms with Crippen molar-refractivity contribution in [3.8, 4) is 11.3 Å². The van der Waals surface area contributed by atoms with E-state index in [-0.39, 0.29) is 17.2 Å². The first-order chi connectivity index (χ1) is 18.4. The van der Waals surface area contributed by atoms with Crippen LogP contribution in [0.1, 0.15) is 52.8 Å². The summed E-state index contributed by atoms with van der Waals surface area (Å²) in [7, 11) is 0. The number of ether oxygens (including phenoxy) is 1. The van der Waals surface area contributed by atoms with Crippen molar-refractivity contribution in [3.05, 3.63) is 81.2 Å². The lowest BCUT2D eigenvalue weighted by Crippen LogP contribution is -2.32. The lowest BCUT2D eigenvalue weighted by Gasteiger charge is -2.23. The van der Waals surface area contributed by atoms with Crippen molar-refractivity contribution in [3.63, 3.8) is 0 Å². The van der Waals surface area contributed by atoms with Gasteiger partial charge >= 0.3 is 24.6 Å². The monoisotopic (exact) mass is 594 g/mol. The van der Waals surface area contributed by atoms with E-state index in [1.807, 2.05) is 0 Å². The molecule has 0 bridgehead atoms. The van der Waals surface area contributed by atoms with Crippen LogP contribution in [0.4, 0.5) is 44.3 Å². The van der Waals surface area contributed by atoms with E-state index in [0.29, 0.717) is 28.4 Å². The molecular weight excluding hydrogens is 575 g/mol. The molecule has 1 amide bonds. The van der Waals surface area contributed by atoms with Crippen LogP contribution in [-0.4, -0.2) is 22.0 Å². The number of alkyl halides is 9. The second-order valence-corrected chi connectivity index (χ2v) is 10.1. The van der Waals surface area contributed by atoms with Crippen molar-refractivity contribution >= 4 is 23.0 Å². The quantitative estimate of drug-likeness (QED) is 0.277. The Labute approximate surface area is 225 Å². The van der Waals surface area contributed by atoms with E-state index in [1.54, 1.807) is 12.3 Å². The highest BCUT2D eigenvalue weighted by Gasteiger charge is 2.43. The van der Waals surface area contributed by atoms with Crippen molar-refractivity contribution < 1.29 is 49.0 Å². The highest BCUT2D eigenvalue weighted by atomic mass is 32.1. The molecule has 0 saturated carbocycles. The zero-order valence-corrected chi connectivity index (χ0v) is 21.4. The summed E-state index contributed by atoms with van der Waals surface area (Å²) in [6, 6.07) is 2.56. The Morgan fingerprint density at radius 2 is 1.52 bits per heavy atom. The van der Waals surface area contributed by atoms with Crippen molar-refractivity contribution in [1.29, 1.82) is 0 Å². The predicted octanol–water partition coefficient (Wildman–Crippen LogP) is 8.98. The summed E-state index contributed by atoms with van der Waals surface area (Å²) in [6.07, 6.45) is -17.6. The Kier molecular flexibility index (Phi) is 7.45. The number of aromatic nitrogens is 1. The summed E-state index contributed by atoms with van der Waals surface area (Å²) in [5.41, 5.74) is -3.59. The van der Waals surface area contributed by atoms with Crippen LogP contribution in [0.3, 0.4) is 0 Å². The number of carbonyl (C=O) groups excluding carboxylic acids is 1. The SMILES string of the molecule is C=C(C)c1nc(-c2ccc(C(F)(F)F)cc2CN2C(=O)O[C@H](c3cc(C(F)(F)F)cc(C(F)(F)F)c3)[C@@H]2C)cs1. The fourth-order valence-electron chi connectivity index (χ4n) is 4.23. The first-order valence-corrected chi connectivity index (χ1v) is 12.3. The van der Waals surface area contributed by atoms with Gasteiger partial charge in [0.25, 0.3) is 0 Å². The van der Waals surface area contributed by atoms with Gasteiger partial charge in [0, 0.05) is 10.9 Å². The number of hydrogen-bond acceptors (Lipinski definition) is 4. The molecule has 1 saturated heterocycles. The molecule has 2 atom stereocenters. The topological polar surface area (TPSA) is 42.4 Å². The largest absolute Gasteiger partial charge is 0.439 e. The normalized spacial score (nSPS) is 18.3. The van der Waals surface area contributed by atoms with Crippen LogP contribution < -0.4 is 0 Å². The number of allylic oxidation sites excluding steroid dienone is 1. The number of hydrogen-bond donors (Lipinski definition) is 0. The highest BCUT2D eigenvalue weighted by Crippen LogP contribution is 2.42. The molecule has 1 aliphatic heterocycles. The molecule has 214 valence electrons. The van der Waals surface area contributed by atoms with Crippen LogP contribution in [0, 0.1) is 0 Å². The molecule has 2 aromatic carbocycles. The molecule has 0 spiro atoms. The minimum atomic E-state index is -5.12. The number of thiazole rings is 1. The molecule has 4 nitrogen and oxygen atoms in total. The average Bonchev–Trinajstić information content (AvgIpc) is 3.43. The van der Waals surface area contributed by atoms with Crippen molar-refractivity contribution in [1.82, 2.24) is 9.88 Å². The van der Waals surface area contributed by atoms with E-state index in [4.69, 9.17) is 4.74 Å². The number of cyclic esters (lactones) is 1. The van der Waals surface area contributed by atoms with Gasteiger partial charge in [-0.15, -0.1) is 11.3 Å². The molecule has 1 fully saturated rings. The van der Waals surface area contributed by atoms with Gasteiger partial charge in [0.2, 0.25) is 0 Å². The van der Waals surface area contributed by atoms with E-state index in [2.05, 4.69) is 11.6 Å². The fraction of sp³-hybridized carbons (Fsp3) is 0.308. The third-order valence-corrected chi connectivity index (χ3v) is 7.25. The summed E-state index contributed by atoms with van der Waals surface area (Å²) < 4.78 is 126. The number of nitrogens with zero attached hydrogens (tertiary/aromatic N) is 2. The molecule has 0 N–H and O–H groups in total. The summed E-state index contributed by atoms with van der Waals surface area (Å²) >= 11 is 1.20. The Balaban J connectivity index is 1.74. The van der Waals surface area contributed by atoms with Crippen LogP contribution in [0.2, 0.25) is 0 Å². The van der Waals surface area contributed by atoms with Gasteiger partial charge in [0.1, 0.15) is 11.1 Å². The van der Waals surface area contributed by atoms with Crippen molar-refractivity contribution in [2.24, 2.45) is 0 Å². The molecule has 14 heteroatoms. The first kappa shape index (κ1) is 29.4. The number of rotatable bonds is 5. The van der Waals surface area contributed by atoms with Crippen LogP contribution >= 0.6 is 11.3 Å². The summed E-state index contributed by atoms with van der Waals surface area (Å²) in [6.45, 7) is 6.30. The van der Waals surface area contributed by atoms with Crippen LogP contribution in [-0.2, 0) is 29.8 Å². The molecule has 0 radical (unpaired) electrons. The maximum Gasteiger partial charge on any atom is 0.416 e. The molecule has 2 heterocycles. The van der Waals surface area contributed by atoms with Crippen LogP contribution in [0.15, 0.2) is 48.4 Å². The molecule has 40 heavy (non-hydrogen) atoms. The molecule has 1 aromatic heterocycles. The predicted molar refractivity (Wildman–Crippen MR) is 128 cm³/mol. The highest BCUT2D eigenvalue weighted by molar-refractivity contribution is 7.11.